The van der Waals surface area contributed by atoms with E-state index >= 15 is 0 Å². The fraction of sp³-hybridized carbons (Fsp3) is 0.364. The number of hydrogen-bond donors (Lipinski definition) is 1. The van der Waals surface area contributed by atoms with Crippen LogP contribution in [0.1, 0.15) is 21.5 Å². The topological polar surface area (TPSA) is 56.1 Å². The van der Waals surface area contributed by atoms with Crippen LogP contribution in [0, 0.1) is 13.8 Å². The van der Waals surface area contributed by atoms with Crippen molar-refractivity contribution in [3.8, 4) is 11.5 Å². The second kappa shape index (κ2) is 8.80. The number of carbonyl (C=O) groups excluding carboxylic acids is 1. The summed E-state index contributed by atoms with van der Waals surface area (Å²) in [6.45, 7) is 5.44. The third-order valence-corrected chi connectivity index (χ3v) is 6.06. The van der Waals surface area contributed by atoms with E-state index in [-0.39, 0.29) is 5.91 Å². The highest BCUT2D eigenvalue weighted by molar-refractivity contribution is 7.22. The molecule has 3 aromatic rings. The summed E-state index contributed by atoms with van der Waals surface area (Å²) >= 11 is 1.45. The fourth-order valence-electron chi connectivity index (χ4n) is 3.04. The van der Waals surface area contributed by atoms with Crippen LogP contribution < -0.4 is 19.3 Å². The first kappa shape index (κ1) is 21.1. The van der Waals surface area contributed by atoms with Gasteiger partial charge in [-0.05, 0) is 49.2 Å². The quantitative estimate of drug-likeness (QED) is 0.646. The number of amides is 1. The Labute approximate surface area is 175 Å². The van der Waals surface area contributed by atoms with Crippen molar-refractivity contribution in [2.45, 2.75) is 13.8 Å². The third-order valence-electron chi connectivity index (χ3n) is 4.96. The van der Waals surface area contributed by atoms with E-state index in [4.69, 9.17) is 14.5 Å². The van der Waals surface area contributed by atoms with Gasteiger partial charge in [0, 0.05) is 5.56 Å². The van der Waals surface area contributed by atoms with Crippen LogP contribution in [0.5, 0.6) is 11.5 Å². The van der Waals surface area contributed by atoms with Gasteiger partial charge in [-0.2, -0.15) is 0 Å². The van der Waals surface area contributed by atoms with Crippen LogP contribution >= 0.6 is 11.3 Å². The summed E-state index contributed by atoms with van der Waals surface area (Å²) in [6, 6.07) is 9.52. The molecule has 154 valence electrons. The van der Waals surface area contributed by atoms with E-state index in [1.165, 1.54) is 21.8 Å². The molecule has 0 aliphatic rings. The monoisotopic (exact) mass is 414 g/mol. The molecule has 6 nitrogen and oxygen atoms in total. The van der Waals surface area contributed by atoms with Crippen molar-refractivity contribution >= 4 is 32.6 Å². The number of methoxy groups -OCH3 is 2. The third kappa shape index (κ3) is 4.36. The van der Waals surface area contributed by atoms with Gasteiger partial charge < -0.3 is 14.4 Å². The lowest BCUT2D eigenvalue weighted by Gasteiger charge is -2.21. The van der Waals surface area contributed by atoms with Gasteiger partial charge in [-0.25, -0.2) is 4.98 Å². The number of nitrogens with one attached hydrogen (secondary N) is 1. The Hall–Kier alpha value is -2.64. The van der Waals surface area contributed by atoms with E-state index in [1.54, 1.807) is 19.1 Å². The van der Waals surface area contributed by atoms with Crippen LogP contribution in [-0.2, 0) is 0 Å². The second-order valence-corrected chi connectivity index (χ2v) is 8.33. The zero-order valence-electron chi connectivity index (χ0n) is 17.8. The molecule has 0 aliphatic heterocycles. The highest BCUT2D eigenvalue weighted by atomic mass is 32.1. The number of quaternary nitrogens is 1. The molecule has 1 N–H and O–H groups in total. The van der Waals surface area contributed by atoms with Crippen LogP contribution in [0.3, 0.4) is 0 Å². The molecule has 0 aliphatic carbocycles. The minimum atomic E-state index is -0.0497. The van der Waals surface area contributed by atoms with Crippen molar-refractivity contribution in [2.24, 2.45) is 0 Å². The predicted octanol–water partition coefficient (Wildman–Crippen LogP) is 2.72. The predicted molar refractivity (Wildman–Crippen MR) is 118 cm³/mol. The molecule has 2 aromatic carbocycles. The number of aryl methyl sites for hydroxylation is 2. The summed E-state index contributed by atoms with van der Waals surface area (Å²) in [6.07, 6.45) is 0. The van der Waals surface area contributed by atoms with Crippen LogP contribution in [0.2, 0.25) is 0 Å². The Morgan fingerprint density at radius 3 is 2.38 bits per heavy atom. The van der Waals surface area contributed by atoms with E-state index in [0.717, 1.165) is 22.6 Å². The first-order valence-electron chi connectivity index (χ1n) is 9.55. The fourth-order valence-corrected chi connectivity index (χ4v) is 4.14. The number of fused-ring (bicyclic) bond motifs is 1. The molecule has 0 saturated heterocycles. The molecule has 1 heterocycles. The molecule has 0 unspecified atom stereocenters. The molecular formula is C22H28N3O3S+. The van der Waals surface area contributed by atoms with Gasteiger partial charge in [0.25, 0.3) is 5.91 Å². The van der Waals surface area contributed by atoms with E-state index < -0.39 is 0 Å². The molecule has 1 aromatic heterocycles. The lowest BCUT2D eigenvalue weighted by Crippen LogP contribution is -3.06. The molecule has 0 radical (unpaired) electrons. The van der Waals surface area contributed by atoms with Gasteiger partial charge in [0.05, 0.1) is 41.4 Å². The van der Waals surface area contributed by atoms with E-state index in [0.29, 0.717) is 28.5 Å². The Bertz CT molecular complexity index is 989. The standard InChI is InChI=1S/C22H27N3O3S/c1-14-7-8-16(13-15(14)2)21(26)25(12-11-24(3)4)22-23-19-17(27-5)9-10-18(28-6)20(19)29-22/h7-10,13H,11-12H2,1-6H3/p+1. The maximum Gasteiger partial charge on any atom is 0.260 e. The summed E-state index contributed by atoms with van der Waals surface area (Å²) < 4.78 is 11.8. The molecule has 1 amide bonds. The zero-order chi connectivity index (χ0) is 21.1. The molecular weight excluding hydrogens is 386 g/mol. The molecule has 0 saturated carbocycles. The number of rotatable bonds is 7. The first-order valence-corrected chi connectivity index (χ1v) is 10.4. The number of aromatic nitrogens is 1. The molecule has 0 fully saturated rings. The SMILES string of the molecule is COc1ccc(OC)c2sc(N(CC[NH+](C)C)C(=O)c3ccc(C)c(C)c3)nc12. The van der Waals surface area contributed by atoms with Crippen molar-refractivity contribution < 1.29 is 19.2 Å². The Morgan fingerprint density at radius 2 is 1.76 bits per heavy atom. The van der Waals surface area contributed by atoms with Gasteiger partial charge in [0.2, 0.25) is 0 Å². The summed E-state index contributed by atoms with van der Waals surface area (Å²) in [5, 5.41) is 0.646. The smallest absolute Gasteiger partial charge is 0.260 e. The lowest BCUT2D eigenvalue weighted by atomic mass is 10.1. The maximum atomic E-state index is 13.4. The summed E-state index contributed by atoms with van der Waals surface area (Å²) in [5.74, 6) is 1.34. The van der Waals surface area contributed by atoms with Crippen molar-refractivity contribution in [1.82, 2.24) is 4.98 Å². The Morgan fingerprint density at radius 1 is 1.07 bits per heavy atom. The van der Waals surface area contributed by atoms with Crippen molar-refractivity contribution in [3.05, 3.63) is 47.0 Å². The molecule has 0 bridgehead atoms. The summed E-state index contributed by atoms with van der Waals surface area (Å²) in [7, 11) is 7.40. The Balaban J connectivity index is 2.08. The Kier molecular flexibility index (Phi) is 6.39. The minimum absolute atomic E-state index is 0.0497. The van der Waals surface area contributed by atoms with Gasteiger partial charge in [0.1, 0.15) is 21.7 Å². The zero-order valence-corrected chi connectivity index (χ0v) is 18.6. The number of likely N-dealkylation sites (N-methyl/N-ethyl adjacent to an activating group) is 1. The van der Waals surface area contributed by atoms with E-state index in [2.05, 4.69) is 14.1 Å². The number of hydrogen-bond acceptors (Lipinski definition) is 5. The number of benzene rings is 2. The van der Waals surface area contributed by atoms with Gasteiger partial charge in [0.15, 0.2) is 5.13 Å². The van der Waals surface area contributed by atoms with Crippen LogP contribution in [0.15, 0.2) is 30.3 Å². The molecule has 29 heavy (non-hydrogen) atoms. The molecule has 3 rings (SSSR count). The van der Waals surface area contributed by atoms with E-state index in [1.807, 2.05) is 44.2 Å². The van der Waals surface area contributed by atoms with Crippen molar-refractivity contribution in [3.63, 3.8) is 0 Å². The van der Waals surface area contributed by atoms with Crippen LogP contribution in [0.25, 0.3) is 10.2 Å². The summed E-state index contributed by atoms with van der Waals surface area (Å²) in [5.41, 5.74) is 3.64. The van der Waals surface area contributed by atoms with Gasteiger partial charge in [-0.15, -0.1) is 0 Å². The van der Waals surface area contributed by atoms with Crippen LogP contribution in [-0.4, -0.2) is 52.3 Å². The number of ether oxygens (including phenoxy) is 2. The van der Waals surface area contributed by atoms with Gasteiger partial charge in [-0.1, -0.05) is 17.4 Å². The number of nitrogens with zero attached hydrogens (tertiary/aromatic N) is 2. The average molecular weight is 415 g/mol. The van der Waals surface area contributed by atoms with Crippen molar-refractivity contribution in [2.75, 3.05) is 46.3 Å². The maximum absolute atomic E-state index is 13.4. The highest BCUT2D eigenvalue weighted by Gasteiger charge is 2.24. The number of carbonyl (C=O) groups is 1. The highest BCUT2D eigenvalue weighted by Crippen LogP contribution is 2.40. The average Bonchev–Trinajstić information content (AvgIpc) is 3.14. The van der Waals surface area contributed by atoms with Crippen LogP contribution in [0.4, 0.5) is 5.13 Å². The lowest BCUT2D eigenvalue weighted by molar-refractivity contribution is -0.856. The largest absolute Gasteiger partial charge is 0.495 e. The molecule has 0 spiro atoms. The van der Waals surface area contributed by atoms with Gasteiger partial charge in [-0.3, -0.25) is 9.69 Å². The minimum Gasteiger partial charge on any atom is -0.495 e. The number of anilines is 1. The van der Waals surface area contributed by atoms with Gasteiger partial charge >= 0.3 is 0 Å². The summed E-state index contributed by atoms with van der Waals surface area (Å²) in [4.78, 5) is 21.2. The normalized spacial score (nSPS) is 11.1. The van der Waals surface area contributed by atoms with E-state index in [9.17, 15) is 4.79 Å². The van der Waals surface area contributed by atoms with Crippen molar-refractivity contribution in [1.29, 1.82) is 0 Å². The first-order chi connectivity index (χ1) is 13.8. The second-order valence-electron chi connectivity index (χ2n) is 7.36. The molecule has 0 atom stereocenters. The number of thiazole rings is 1. The molecule has 7 heteroatoms.